The molecule has 18 heavy (non-hydrogen) atoms. The topological polar surface area (TPSA) is 9.23 Å². The van der Waals surface area contributed by atoms with Gasteiger partial charge in [0.25, 0.3) is 0 Å². The van der Waals surface area contributed by atoms with Crippen molar-refractivity contribution in [3.8, 4) is 5.75 Å². The summed E-state index contributed by atoms with van der Waals surface area (Å²) in [5.41, 5.74) is 2.90. The fraction of sp³-hybridized carbons (Fsp3) is 0.529. The highest BCUT2D eigenvalue weighted by Gasteiger charge is 2.20. The zero-order valence-electron chi connectivity index (χ0n) is 11.0. The molecule has 0 amide bonds. The standard InChI is InChI=1S/C17H22O/c1-13-5-7-14(8-6-13)15-9-11-17(12-10-15)18-16-3-2-4-16/h9-12,14,16H,1-8H2. The Morgan fingerprint density at radius 2 is 1.61 bits per heavy atom. The molecule has 3 rings (SSSR count). The predicted octanol–water partition coefficient (Wildman–Crippen LogP) is 4.83. The van der Waals surface area contributed by atoms with E-state index in [0.29, 0.717) is 6.10 Å². The Morgan fingerprint density at radius 3 is 2.17 bits per heavy atom. The SMILES string of the molecule is C=C1CCC(c2ccc(OC3CCC3)cc2)CC1. The van der Waals surface area contributed by atoms with Gasteiger partial charge < -0.3 is 4.74 Å². The normalized spacial score (nSPS) is 21.7. The largest absolute Gasteiger partial charge is 0.490 e. The van der Waals surface area contributed by atoms with Crippen LogP contribution >= 0.6 is 0 Å². The van der Waals surface area contributed by atoms with Gasteiger partial charge in [-0.2, -0.15) is 0 Å². The molecule has 1 aromatic rings. The number of benzene rings is 1. The molecule has 0 aliphatic heterocycles. The van der Waals surface area contributed by atoms with Crippen LogP contribution in [0.25, 0.3) is 0 Å². The Kier molecular flexibility index (Phi) is 3.40. The summed E-state index contributed by atoms with van der Waals surface area (Å²) in [5.74, 6) is 1.77. The van der Waals surface area contributed by atoms with Crippen LogP contribution in [0.3, 0.4) is 0 Å². The second-order valence-electron chi connectivity index (χ2n) is 5.76. The van der Waals surface area contributed by atoms with Crippen LogP contribution in [0.5, 0.6) is 5.75 Å². The molecule has 0 spiro atoms. The third kappa shape index (κ3) is 2.60. The second-order valence-corrected chi connectivity index (χ2v) is 5.76. The van der Waals surface area contributed by atoms with Crippen LogP contribution in [0.4, 0.5) is 0 Å². The van der Waals surface area contributed by atoms with Crippen molar-refractivity contribution in [3.05, 3.63) is 42.0 Å². The Balaban J connectivity index is 1.61. The smallest absolute Gasteiger partial charge is 0.119 e. The van der Waals surface area contributed by atoms with Gasteiger partial charge in [0.15, 0.2) is 0 Å². The van der Waals surface area contributed by atoms with E-state index in [0.717, 1.165) is 11.7 Å². The number of hydrogen-bond donors (Lipinski definition) is 0. The number of hydrogen-bond acceptors (Lipinski definition) is 1. The zero-order valence-corrected chi connectivity index (χ0v) is 11.0. The molecule has 2 aliphatic carbocycles. The highest BCUT2D eigenvalue weighted by molar-refractivity contribution is 5.30. The van der Waals surface area contributed by atoms with Crippen molar-refractivity contribution in [2.24, 2.45) is 0 Å². The van der Waals surface area contributed by atoms with Crippen LogP contribution in [-0.2, 0) is 0 Å². The maximum absolute atomic E-state index is 5.90. The molecule has 2 saturated carbocycles. The molecule has 0 unspecified atom stereocenters. The van der Waals surface area contributed by atoms with Crippen LogP contribution in [0.15, 0.2) is 36.4 Å². The molecule has 0 atom stereocenters. The maximum atomic E-state index is 5.90. The van der Waals surface area contributed by atoms with Crippen molar-refractivity contribution in [1.82, 2.24) is 0 Å². The highest BCUT2D eigenvalue weighted by atomic mass is 16.5. The van der Waals surface area contributed by atoms with Gasteiger partial charge in [-0.05, 0) is 68.6 Å². The summed E-state index contributed by atoms with van der Waals surface area (Å²) >= 11 is 0. The summed E-state index contributed by atoms with van der Waals surface area (Å²) in [7, 11) is 0. The molecule has 2 fully saturated rings. The number of rotatable bonds is 3. The van der Waals surface area contributed by atoms with Gasteiger partial charge in [-0.15, -0.1) is 0 Å². The molecule has 0 saturated heterocycles. The lowest BCUT2D eigenvalue weighted by Gasteiger charge is -2.27. The van der Waals surface area contributed by atoms with Crippen molar-refractivity contribution < 1.29 is 4.74 Å². The van der Waals surface area contributed by atoms with E-state index in [1.54, 1.807) is 0 Å². The molecule has 0 aromatic heterocycles. The third-order valence-corrected chi connectivity index (χ3v) is 4.40. The molecule has 2 aliphatic rings. The second kappa shape index (κ2) is 5.17. The fourth-order valence-electron chi connectivity index (χ4n) is 2.86. The average molecular weight is 242 g/mol. The van der Waals surface area contributed by atoms with Gasteiger partial charge in [-0.3, -0.25) is 0 Å². The van der Waals surface area contributed by atoms with E-state index >= 15 is 0 Å². The Hall–Kier alpha value is -1.24. The van der Waals surface area contributed by atoms with Gasteiger partial charge in [0.2, 0.25) is 0 Å². The van der Waals surface area contributed by atoms with Crippen molar-refractivity contribution in [2.45, 2.75) is 57.0 Å². The molecule has 1 nitrogen and oxygen atoms in total. The van der Waals surface area contributed by atoms with E-state index in [2.05, 4.69) is 30.8 Å². The van der Waals surface area contributed by atoms with Crippen LogP contribution in [0.1, 0.15) is 56.4 Å². The minimum absolute atomic E-state index is 0.480. The molecule has 0 N–H and O–H groups in total. The van der Waals surface area contributed by atoms with Crippen LogP contribution in [0, 0.1) is 0 Å². The molecule has 0 radical (unpaired) electrons. The van der Waals surface area contributed by atoms with Gasteiger partial charge in [0.05, 0.1) is 6.10 Å². The van der Waals surface area contributed by atoms with Crippen molar-refractivity contribution in [2.75, 3.05) is 0 Å². The van der Waals surface area contributed by atoms with Crippen LogP contribution < -0.4 is 4.74 Å². The summed E-state index contributed by atoms with van der Waals surface area (Å²) in [6, 6.07) is 8.81. The summed E-state index contributed by atoms with van der Waals surface area (Å²) in [6.07, 6.45) is 9.20. The van der Waals surface area contributed by atoms with E-state index in [1.165, 1.54) is 56.1 Å². The molecule has 96 valence electrons. The lowest BCUT2D eigenvalue weighted by atomic mass is 9.82. The van der Waals surface area contributed by atoms with E-state index in [9.17, 15) is 0 Å². The van der Waals surface area contributed by atoms with Crippen molar-refractivity contribution >= 4 is 0 Å². The quantitative estimate of drug-likeness (QED) is 0.690. The molecule has 1 heteroatoms. The third-order valence-electron chi connectivity index (χ3n) is 4.40. The lowest BCUT2D eigenvalue weighted by Crippen LogP contribution is -2.24. The van der Waals surface area contributed by atoms with Crippen molar-refractivity contribution in [1.29, 1.82) is 0 Å². The number of ether oxygens (including phenoxy) is 1. The summed E-state index contributed by atoms with van der Waals surface area (Å²) in [6.45, 7) is 4.08. The maximum Gasteiger partial charge on any atom is 0.119 e. The van der Waals surface area contributed by atoms with E-state index in [1.807, 2.05) is 0 Å². The predicted molar refractivity (Wildman–Crippen MR) is 75.1 cm³/mol. The highest BCUT2D eigenvalue weighted by Crippen LogP contribution is 2.35. The van der Waals surface area contributed by atoms with E-state index in [-0.39, 0.29) is 0 Å². The van der Waals surface area contributed by atoms with E-state index < -0.39 is 0 Å². The van der Waals surface area contributed by atoms with E-state index in [4.69, 9.17) is 4.74 Å². The first-order valence-corrected chi connectivity index (χ1v) is 7.24. The molecule has 1 aromatic carbocycles. The molecular formula is C17H22O. The molecule has 0 bridgehead atoms. The first-order valence-electron chi connectivity index (χ1n) is 7.24. The minimum Gasteiger partial charge on any atom is -0.490 e. The molecular weight excluding hydrogens is 220 g/mol. The van der Waals surface area contributed by atoms with Gasteiger partial charge in [0, 0.05) is 0 Å². The minimum atomic E-state index is 0.480. The monoisotopic (exact) mass is 242 g/mol. The zero-order chi connectivity index (χ0) is 12.4. The Morgan fingerprint density at radius 1 is 0.944 bits per heavy atom. The summed E-state index contributed by atoms with van der Waals surface area (Å²) < 4.78 is 5.90. The fourth-order valence-corrected chi connectivity index (χ4v) is 2.86. The van der Waals surface area contributed by atoms with Crippen LogP contribution in [0.2, 0.25) is 0 Å². The number of allylic oxidation sites excluding steroid dienone is 1. The van der Waals surface area contributed by atoms with Gasteiger partial charge >= 0.3 is 0 Å². The molecule has 0 heterocycles. The van der Waals surface area contributed by atoms with Crippen molar-refractivity contribution in [3.63, 3.8) is 0 Å². The van der Waals surface area contributed by atoms with Gasteiger partial charge in [-0.1, -0.05) is 24.3 Å². The van der Waals surface area contributed by atoms with Crippen LogP contribution in [-0.4, -0.2) is 6.10 Å². The first kappa shape index (κ1) is 11.8. The first-order chi connectivity index (χ1) is 8.81. The summed E-state index contributed by atoms with van der Waals surface area (Å²) in [5, 5.41) is 0. The lowest BCUT2D eigenvalue weighted by molar-refractivity contribution is 0.120. The Labute approximate surface area is 110 Å². The van der Waals surface area contributed by atoms with Gasteiger partial charge in [0.1, 0.15) is 5.75 Å². The average Bonchev–Trinajstić information content (AvgIpc) is 2.36. The Bertz CT molecular complexity index is 404. The summed E-state index contributed by atoms with van der Waals surface area (Å²) in [4.78, 5) is 0. The van der Waals surface area contributed by atoms with Gasteiger partial charge in [-0.25, -0.2) is 0 Å².